The summed E-state index contributed by atoms with van der Waals surface area (Å²) in [6, 6.07) is 6.96. The van der Waals surface area contributed by atoms with Gasteiger partial charge in [0.25, 0.3) is 0 Å². The molecule has 3 rings (SSSR count). The zero-order valence-electron chi connectivity index (χ0n) is 17.8. The van der Waals surface area contributed by atoms with Gasteiger partial charge in [-0.15, -0.1) is 0 Å². The van der Waals surface area contributed by atoms with Gasteiger partial charge < -0.3 is 9.73 Å². The number of aryl methyl sites for hydroxylation is 2. The number of anilines is 1. The van der Waals surface area contributed by atoms with Crippen molar-refractivity contribution in [2.45, 2.75) is 39.7 Å². The number of amides is 1. The highest BCUT2D eigenvalue weighted by Gasteiger charge is 2.21. The molecular formula is C21H30N4O4S. The predicted molar refractivity (Wildman–Crippen MR) is 116 cm³/mol. The monoisotopic (exact) mass is 434 g/mol. The van der Waals surface area contributed by atoms with Gasteiger partial charge in [-0.1, -0.05) is 18.2 Å². The first kappa shape index (κ1) is 22.3. The summed E-state index contributed by atoms with van der Waals surface area (Å²) in [4.78, 5) is 19.2. The van der Waals surface area contributed by atoms with E-state index in [0.29, 0.717) is 23.7 Å². The Morgan fingerprint density at radius 3 is 2.57 bits per heavy atom. The normalized spacial score (nSPS) is 15.8. The van der Waals surface area contributed by atoms with Crippen LogP contribution in [0, 0.1) is 19.8 Å². The predicted octanol–water partition coefficient (Wildman–Crippen LogP) is 2.23. The number of oxazole rings is 1. The lowest BCUT2D eigenvalue weighted by Gasteiger charge is -2.31. The fraction of sp³-hybridized carbons (Fsp3) is 0.524. The molecule has 0 bridgehead atoms. The number of para-hydroxylation sites is 1. The summed E-state index contributed by atoms with van der Waals surface area (Å²) in [6.07, 6.45) is 3.25. The van der Waals surface area contributed by atoms with Crippen LogP contribution in [0.4, 0.5) is 5.69 Å². The molecule has 30 heavy (non-hydrogen) atoms. The zero-order valence-corrected chi connectivity index (χ0v) is 18.6. The molecule has 2 heterocycles. The molecule has 0 spiro atoms. The van der Waals surface area contributed by atoms with Crippen LogP contribution in [-0.4, -0.2) is 50.1 Å². The Balaban J connectivity index is 1.43. The summed E-state index contributed by atoms with van der Waals surface area (Å²) in [7, 11) is -3.39. The molecule has 164 valence electrons. The minimum atomic E-state index is -3.39. The van der Waals surface area contributed by atoms with Crippen LogP contribution >= 0.6 is 0 Å². The van der Waals surface area contributed by atoms with Gasteiger partial charge in [0.15, 0.2) is 0 Å². The summed E-state index contributed by atoms with van der Waals surface area (Å²) in [5.74, 6) is 1.96. The maximum Gasteiger partial charge on any atom is 0.229 e. The Morgan fingerprint density at radius 1 is 1.23 bits per heavy atom. The molecule has 8 nitrogen and oxygen atoms in total. The van der Waals surface area contributed by atoms with Crippen LogP contribution in [0.2, 0.25) is 0 Å². The van der Waals surface area contributed by atoms with E-state index >= 15 is 0 Å². The number of carbonyl (C=O) groups is 1. The smallest absolute Gasteiger partial charge is 0.229 e. The van der Waals surface area contributed by atoms with Crippen LogP contribution in [0.1, 0.15) is 35.7 Å². The van der Waals surface area contributed by atoms with Crippen molar-refractivity contribution in [3.63, 3.8) is 0 Å². The molecule has 1 aromatic heterocycles. The molecule has 1 fully saturated rings. The van der Waals surface area contributed by atoms with Gasteiger partial charge in [0.05, 0.1) is 30.6 Å². The Kier molecular flexibility index (Phi) is 7.14. The van der Waals surface area contributed by atoms with E-state index in [1.165, 1.54) is 0 Å². The standard InChI is InChI=1S/C21H30N4O4S/c1-15-16(2)29-21(23-15)14-25-10-8-17(9-11-25)13-22-20(26)12-18-6-4-5-7-19(18)24-30(3,27)28/h4-7,17,24H,8-14H2,1-3H3,(H,22,26). The van der Waals surface area contributed by atoms with E-state index in [1.807, 2.05) is 13.8 Å². The highest BCUT2D eigenvalue weighted by atomic mass is 32.2. The van der Waals surface area contributed by atoms with Crippen LogP contribution in [0.15, 0.2) is 28.7 Å². The van der Waals surface area contributed by atoms with Gasteiger partial charge in [-0.3, -0.25) is 14.4 Å². The lowest BCUT2D eigenvalue weighted by atomic mass is 9.96. The molecule has 0 saturated carbocycles. The van der Waals surface area contributed by atoms with Crippen LogP contribution in [0.5, 0.6) is 0 Å². The first-order chi connectivity index (χ1) is 14.2. The third-order valence-corrected chi connectivity index (χ3v) is 5.98. The topological polar surface area (TPSA) is 105 Å². The molecule has 1 saturated heterocycles. The van der Waals surface area contributed by atoms with E-state index in [-0.39, 0.29) is 12.3 Å². The molecule has 1 amide bonds. The molecular weight excluding hydrogens is 404 g/mol. The Bertz CT molecular complexity index is 959. The second-order valence-electron chi connectivity index (χ2n) is 7.98. The summed E-state index contributed by atoms with van der Waals surface area (Å²) in [5.41, 5.74) is 2.04. The minimum absolute atomic E-state index is 0.106. The van der Waals surface area contributed by atoms with Gasteiger partial charge in [-0.05, 0) is 57.3 Å². The highest BCUT2D eigenvalue weighted by molar-refractivity contribution is 7.92. The van der Waals surface area contributed by atoms with E-state index in [2.05, 4.69) is 19.9 Å². The molecule has 9 heteroatoms. The number of hydrogen-bond donors (Lipinski definition) is 2. The molecule has 0 radical (unpaired) electrons. The average Bonchev–Trinajstić information content (AvgIpc) is 2.99. The number of piperidine rings is 1. The fourth-order valence-corrected chi connectivity index (χ4v) is 4.21. The van der Waals surface area contributed by atoms with Crippen LogP contribution in [-0.2, 0) is 27.8 Å². The number of carbonyl (C=O) groups excluding carboxylic acids is 1. The maximum absolute atomic E-state index is 12.4. The SMILES string of the molecule is Cc1nc(CN2CCC(CNC(=O)Cc3ccccc3NS(C)(=O)=O)CC2)oc1C. The molecule has 1 aromatic carbocycles. The number of nitrogens with one attached hydrogen (secondary N) is 2. The molecule has 1 aliphatic heterocycles. The third-order valence-electron chi connectivity index (χ3n) is 5.39. The van der Waals surface area contributed by atoms with Gasteiger partial charge in [0.1, 0.15) is 5.76 Å². The van der Waals surface area contributed by atoms with Crippen LogP contribution in [0.25, 0.3) is 0 Å². The van der Waals surface area contributed by atoms with Gasteiger partial charge in [0.2, 0.25) is 21.8 Å². The van der Waals surface area contributed by atoms with Crippen molar-refractivity contribution < 1.29 is 17.6 Å². The van der Waals surface area contributed by atoms with E-state index < -0.39 is 10.0 Å². The van der Waals surface area contributed by atoms with E-state index in [9.17, 15) is 13.2 Å². The molecule has 1 aliphatic rings. The number of benzene rings is 1. The molecule has 0 atom stereocenters. The van der Waals surface area contributed by atoms with E-state index in [0.717, 1.165) is 56.1 Å². The van der Waals surface area contributed by atoms with Gasteiger partial charge in [0, 0.05) is 6.54 Å². The quantitative estimate of drug-likeness (QED) is 0.660. The Hall–Kier alpha value is -2.39. The van der Waals surface area contributed by atoms with Crippen molar-refractivity contribution in [1.29, 1.82) is 0 Å². The number of sulfonamides is 1. The molecule has 2 aromatic rings. The second kappa shape index (κ2) is 9.61. The van der Waals surface area contributed by atoms with Crippen molar-refractivity contribution in [1.82, 2.24) is 15.2 Å². The average molecular weight is 435 g/mol. The van der Waals surface area contributed by atoms with Crippen LogP contribution < -0.4 is 10.0 Å². The number of nitrogens with zero attached hydrogens (tertiary/aromatic N) is 2. The largest absolute Gasteiger partial charge is 0.444 e. The molecule has 0 aliphatic carbocycles. The molecule has 2 N–H and O–H groups in total. The van der Waals surface area contributed by atoms with Gasteiger partial charge >= 0.3 is 0 Å². The lowest BCUT2D eigenvalue weighted by Crippen LogP contribution is -2.38. The Labute approximate surface area is 178 Å². The second-order valence-corrected chi connectivity index (χ2v) is 9.73. The summed E-state index contributed by atoms with van der Waals surface area (Å²) < 4.78 is 31.1. The number of rotatable bonds is 8. The fourth-order valence-electron chi connectivity index (χ4n) is 3.61. The van der Waals surface area contributed by atoms with Gasteiger partial charge in [-0.2, -0.15) is 0 Å². The van der Waals surface area contributed by atoms with Crippen LogP contribution in [0.3, 0.4) is 0 Å². The Morgan fingerprint density at radius 2 is 1.93 bits per heavy atom. The van der Waals surface area contributed by atoms with E-state index in [4.69, 9.17) is 4.42 Å². The lowest BCUT2D eigenvalue weighted by molar-refractivity contribution is -0.120. The van der Waals surface area contributed by atoms with Crippen molar-refractivity contribution in [2.24, 2.45) is 5.92 Å². The summed E-state index contributed by atoms with van der Waals surface area (Å²) in [5, 5.41) is 3.00. The number of likely N-dealkylation sites (tertiary alicyclic amines) is 1. The first-order valence-corrected chi connectivity index (χ1v) is 12.1. The van der Waals surface area contributed by atoms with Crippen molar-refractivity contribution in [2.75, 3.05) is 30.6 Å². The van der Waals surface area contributed by atoms with E-state index in [1.54, 1.807) is 24.3 Å². The third kappa shape index (κ3) is 6.56. The number of hydrogen-bond acceptors (Lipinski definition) is 6. The number of aromatic nitrogens is 1. The van der Waals surface area contributed by atoms with Gasteiger partial charge in [-0.25, -0.2) is 13.4 Å². The molecule has 0 unspecified atom stereocenters. The first-order valence-electron chi connectivity index (χ1n) is 10.2. The summed E-state index contributed by atoms with van der Waals surface area (Å²) >= 11 is 0. The highest BCUT2D eigenvalue weighted by Crippen LogP contribution is 2.20. The van der Waals surface area contributed by atoms with Crippen molar-refractivity contribution >= 4 is 21.6 Å². The maximum atomic E-state index is 12.4. The zero-order chi connectivity index (χ0) is 21.7. The minimum Gasteiger partial charge on any atom is -0.444 e. The van der Waals surface area contributed by atoms with Crippen molar-refractivity contribution in [3.8, 4) is 0 Å². The summed E-state index contributed by atoms with van der Waals surface area (Å²) in [6.45, 7) is 7.12. The van der Waals surface area contributed by atoms with Crippen molar-refractivity contribution in [3.05, 3.63) is 47.2 Å².